The van der Waals surface area contributed by atoms with E-state index >= 15 is 0 Å². The summed E-state index contributed by atoms with van der Waals surface area (Å²) in [7, 11) is 0. The van der Waals surface area contributed by atoms with Gasteiger partial charge in [0.1, 0.15) is 12.3 Å². The van der Waals surface area contributed by atoms with Gasteiger partial charge in [0.15, 0.2) is 0 Å². The number of hydrogen-bond donors (Lipinski definition) is 3. The van der Waals surface area contributed by atoms with Crippen molar-refractivity contribution in [3.8, 4) is 5.75 Å². The molecule has 0 saturated carbocycles. The maximum absolute atomic E-state index is 12.2. The van der Waals surface area contributed by atoms with Crippen molar-refractivity contribution in [1.29, 1.82) is 0 Å². The molecule has 2 rings (SSSR count). The fourth-order valence-electron chi connectivity index (χ4n) is 1.95. The molecule has 1 aromatic rings. The van der Waals surface area contributed by atoms with Crippen molar-refractivity contribution in [3.63, 3.8) is 0 Å². The highest BCUT2D eigenvalue weighted by atomic mass is 16.5. The zero-order valence-corrected chi connectivity index (χ0v) is 10.8. The molecule has 1 atom stereocenters. The van der Waals surface area contributed by atoms with E-state index in [4.69, 9.17) is 9.84 Å². The van der Waals surface area contributed by atoms with Gasteiger partial charge in [0.25, 0.3) is 0 Å². The largest absolute Gasteiger partial charge is 0.508 e. The van der Waals surface area contributed by atoms with Gasteiger partial charge in [0.05, 0.1) is 12.6 Å². The molecule has 1 heterocycles. The Morgan fingerprint density at radius 2 is 2.05 bits per heavy atom. The van der Waals surface area contributed by atoms with Crippen LogP contribution in [-0.4, -0.2) is 48.0 Å². The molecule has 1 saturated heterocycles. The van der Waals surface area contributed by atoms with E-state index in [0.29, 0.717) is 25.3 Å². The van der Waals surface area contributed by atoms with Gasteiger partial charge in [0.2, 0.25) is 0 Å². The summed E-state index contributed by atoms with van der Waals surface area (Å²) in [4.78, 5) is 24.2. The molecule has 1 fully saturated rings. The smallest absolute Gasteiger partial charge is 0.323 e. The molecule has 7 nitrogen and oxygen atoms in total. The van der Waals surface area contributed by atoms with Gasteiger partial charge in [-0.2, -0.15) is 0 Å². The van der Waals surface area contributed by atoms with E-state index in [-0.39, 0.29) is 11.8 Å². The van der Waals surface area contributed by atoms with Gasteiger partial charge >= 0.3 is 12.0 Å². The van der Waals surface area contributed by atoms with Crippen molar-refractivity contribution in [2.45, 2.75) is 12.5 Å². The van der Waals surface area contributed by atoms with E-state index in [0.717, 1.165) is 4.90 Å². The predicted octanol–water partition coefficient (Wildman–Crippen LogP) is 0.782. The summed E-state index contributed by atoms with van der Waals surface area (Å²) in [6.45, 7) is 0.565. The lowest BCUT2D eigenvalue weighted by molar-refractivity contribution is -0.135. The molecule has 0 aromatic heterocycles. The number of phenolic OH excluding ortho intramolecular Hbond substituents is 1. The quantitative estimate of drug-likeness (QED) is 0.757. The topological polar surface area (TPSA) is 99.1 Å². The second kappa shape index (κ2) is 6.25. The number of amides is 2. The SMILES string of the molecule is O=C(O)CN(C(=O)NC1CCOC1)c1ccc(O)cc1. The summed E-state index contributed by atoms with van der Waals surface area (Å²) in [6.07, 6.45) is 0.711. The average Bonchev–Trinajstić information content (AvgIpc) is 2.89. The number of anilines is 1. The average molecular weight is 280 g/mol. The number of phenols is 1. The van der Waals surface area contributed by atoms with Crippen LogP contribution in [0, 0.1) is 0 Å². The number of benzene rings is 1. The van der Waals surface area contributed by atoms with Gasteiger partial charge in [-0.3, -0.25) is 9.69 Å². The van der Waals surface area contributed by atoms with Gasteiger partial charge in [-0.1, -0.05) is 0 Å². The molecule has 20 heavy (non-hydrogen) atoms. The summed E-state index contributed by atoms with van der Waals surface area (Å²) in [5.41, 5.74) is 0.404. The third kappa shape index (κ3) is 3.61. The molecule has 1 unspecified atom stereocenters. The summed E-state index contributed by atoms with van der Waals surface area (Å²) >= 11 is 0. The van der Waals surface area contributed by atoms with Crippen LogP contribution in [0.4, 0.5) is 10.5 Å². The molecule has 3 N–H and O–H groups in total. The lowest BCUT2D eigenvalue weighted by Gasteiger charge is -2.23. The van der Waals surface area contributed by atoms with Gasteiger partial charge in [-0.25, -0.2) is 4.79 Å². The Bertz CT molecular complexity index is 482. The minimum atomic E-state index is -1.11. The molecule has 7 heteroatoms. The molecular weight excluding hydrogens is 264 g/mol. The fraction of sp³-hybridized carbons (Fsp3) is 0.385. The number of carbonyl (C=O) groups is 2. The number of carboxylic acids is 1. The maximum atomic E-state index is 12.2. The number of rotatable bonds is 4. The van der Waals surface area contributed by atoms with Crippen molar-refractivity contribution in [1.82, 2.24) is 5.32 Å². The third-order valence-corrected chi connectivity index (χ3v) is 2.96. The van der Waals surface area contributed by atoms with Crippen LogP contribution in [0.5, 0.6) is 5.75 Å². The number of ether oxygens (including phenoxy) is 1. The number of aromatic hydroxyl groups is 1. The van der Waals surface area contributed by atoms with Crippen molar-refractivity contribution in [3.05, 3.63) is 24.3 Å². The van der Waals surface area contributed by atoms with Crippen LogP contribution >= 0.6 is 0 Å². The molecule has 1 aromatic carbocycles. The first-order valence-corrected chi connectivity index (χ1v) is 6.23. The summed E-state index contributed by atoms with van der Waals surface area (Å²) < 4.78 is 5.16. The van der Waals surface area contributed by atoms with Gasteiger partial charge in [-0.15, -0.1) is 0 Å². The molecule has 0 aliphatic carbocycles. The van der Waals surface area contributed by atoms with Crippen LogP contribution in [0.25, 0.3) is 0 Å². The molecule has 1 aliphatic heterocycles. The van der Waals surface area contributed by atoms with E-state index in [2.05, 4.69) is 5.32 Å². The van der Waals surface area contributed by atoms with Crippen LogP contribution in [-0.2, 0) is 9.53 Å². The number of hydrogen-bond acceptors (Lipinski definition) is 4. The monoisotopic (exact) mass is 280 g/mol. The Morgan fingerprint density at radius 1 is 1.35 bits per heavy atom. The number of aliphatic carboxylic acids is 1. The van der Waals surface area contributed by atoms with E-state index < -0.39 is 18.5 Å². The Kier molecular flexibility index (Phi) is 4.41. The van der Waals surface area contributed by atoms with E-state index in [9.17, 15) is 14.7 Å². The summed E-state index contributed by atoms with van der Waals surface area (Å²) in [6, 6.07) is 5.18. The van der Waals surface area contributed by atoms with Crippen molar-refractivity contribution in [2.24, 2.45) is 0 Å². The fourth-order valence-corrected chi connectivity index (χ4v) is 1.95. The van der Waals surface area contributed by atoms with Crippen molar-refractivity contribution in [2.75, 3.05) is 24.7 Å². The standard InChI is InChI=1S/C13H16N2O5/c16-11-3-1-10(2-4-11)15(7-12(17)18)13(19)14-9-5-6-20-8-9/h1-4,9,16H,5-8H2,(H,14,19)(H,17,18). The lowest BCUT2D eigenvalue weighted by atomic mass is 10.2. The molecule has 0 bridgehead atoms. The van der Waals surface area contributed by atoms with Crippen LogP contribution in [0.1, 0.15) is 6.42 Å². The van der Waals surface area contributed by atoms with Crippen LogP contribution in [0.3, 0.4) is 0 Å². The third-order valence-electron chi connectivity index (χ3n) is 2.96. The van der Waals surface area contributed by atoms with Crippen LogP contribution in [0.2, 0.25) is 0 Å². The molecule has 1 aliphatic rings. The number of carbonyl (C=O) groups excluding carboxylic acids is 1. The first-order valence-electron chi connectivity index (χ1n) is 6.23. The molecular formula is C13H16N2O5. The number of nitrogens with one attached hydrogen (secondary N) is 1. The van der Waals surface area contributed by atoms with Crippen LogP contribution < -0.4 is 10.2 Å². The Balaban J connectivity index is 2.11. The first kappa shape index (κ1) is 14.1. The number of nitrogens with zero attached hydrogens (tertiary/aromatic N) is 1. The Labute approximate surface area is 115 Å². The highest BCUT2D eigenvalue weighted by Crippen LogP contribution is 2.19. The minimum Gasteiger partial charge on any atom is -0.508 e. The molecule has 2 amide bonds. The van der Waals surface area contributed by atoms with Crippen molar-refractivity contribution >= 4 is 17.7 Å². The summed E-state index contributed by atoms with van der Waals surface area (Å²) in [5, 5.41) is 20.9. The highest BCUT2D eigenvalue weighted by Gasteiger charge is 2.23. The number of carboxylic acid groups (broad SMARTS) is 1. The zero-order chi connectivity index (χ0) is 14.5. The Morgan fingerprint density at radius 3 is 2.60 bits per heavy atom. The molecule has 0 spiro atoms. The van der Waals surface area contributed by atoms with E-state index in [1.165, 1.54) is 24.3 Å². The van der Waals surface area contributed by atoms with E-state index in [1.54, 1.807) is 0 Å². The van der Waals surface area contributed by atoms with Gasteiger partial charge in [0, 0.05) is 12.3 Å². The zero-order valence-electron chi connectivity index (χ0n) is 10.8. The van der Waals surface area contributed by atoms with Crippen molar-refractivity contribution < 1.29 is 24.5 Å². The maximum Gasteiger partial charge on any atom is 0.323 e. The van der Waals surface area contributed by atoms with Gasteiger partial charge < -0.3 is 20.3 Å². The summed E-state index contributed by atoms with van der Waals surface area (Å²) in [5.74, 6) is -1.07. The van der Waals surface area contributed by atoms with Crippen LogP contribution in [0.15, 0.2) is 24.3 Å². The van der Waals surface area contributed by atoms with Gasteiger partial charge in [-0.05, 0) is 30.7 Å². The second-order valence-electron chi connectivity index (χ2n) is 4.51. The second-order valence-corrected chi connectivity index (χ2v) is 4.51. The molecule has 0 radical (unpaired) electrons. The van der Waals surface area contributed by atoms with E-state index in [1.807, 2.05) is 0 Å². The normalized spacial score (nSPS) is 17.7. The first-order chi connectivity index (χ1) is 9.56. The highest BCUT2D eigenvalue weighted by molar-refractivity contribution is 5.96. The Hall–Kier alpha value is -2.28. The number of urea groups is 1. The minimum absolute atomic E-state index is 0.0497. The predicted molar refractivity (Wildman–Crippen MR) is 70.8 cm³/mol. The lowest BCUT2D eigenvalue weighted by Crippen LogP contribution is -2.47. The molecule has 108 valence electrons.